The lowest BCUT2D eigenvalue weighted by Crippen LogP contribution is -2.24. The molecule has 0 unspecified atom stereocenters. The van der Waals surface area contributed by atoms with E-state index in [0.29, 0.717) is 6.07 Å². The number of alkyl halides is 3. The average Bonchev–Trinajstić information content (AvgIpc) is 2.16. The van der Waals surface area contributed by atoms with Crippen LogP contribution in [0.3, 0.4) is 0 Å². The first-order chi connectivity index (χ1) is 7.29. The van der Waals surface area contributed by atoms with Gasteiger partial charge < -0.3 is 0 Å². The highest BCUT2D eigenvalue weighted by atomic mass is 79.9. The number of benzene rings is 1. The Balaban J connectivity index is 3.40. The molecule has 0 aliphatic carbocycles. The van der Waals surface area contributed by atoms with Crippen LogP contribution in [-0.4, -0.2) is 12.0 Å². The zero-order valence-corrected chi connectivity index (χ0v) is 8.99. The van der Waals surface area contributed by atoms with E-state index in [1.807, 2.05) is 0 Å². The Kier molecular flexibility index (Phi) is 3.33. The van der Waals surface area contributed by atoms with Gasteiger partial charge in [0.15, 0.2) is 5.82 Å². The van der Waals surface area contributed by atoms with E-state index in [1.165, 1.54) is 6.07 Å². The molecule has 84 valence electrons. The van der Waals surface area contributed by atoms with Crippen LogP contribution in [-0.2, 0) is 0 Å². The zero-order valence-electron chi connectivity index (χ0n) is 7.40. The summed E-state index contributed by atoms with van der Waals surface area (Å²) in [4.78, 5) is 10.8. The molecule has 0 fully saturated rings. The molecule has 0 saturated carbocycles. The molecule has 0 aromatic heterocycles. The van der Waals surface area contributed by atoms with E-state index in [2.05, 4.69) is 15.9 Å². The number of carbonyl (C=O) groups excluding carboxylic acids is 1. The third kappa shape index (κ3) is 2.22. The van der Waals surface area contributed by atoms with Gasteiger partial charge in [0.2, 0.25) is 0 Å². The minimum Gasteiger partial charge on any atom is -0.284 e. The molecule has 0 aliphatic heterocycles. The maximum atomic E-state index is 13.3. The summed E-state index contributed by atoms with van der Waals surface area (Å²) in [5.74, 6) is -3.78. The summed E-state index contributed by atoms with van der Waals surface area (Å²) < 4.78 is 49.5. The summed E-state index contributed by atoms with van der Waals surface area (Å²) in [6.07, 6.45) is -5.17. The zero-order chi connectivity index (χ0) is 12.5. The average molecular weight is 296 g/mol. The lowest BCUT2D eigenvalue weighted by molar-refractivity contribution is -0.0887. The Morgan fingerprint density at radius 3 is 2.38 bits per heavy atom. The van der Waals surface area contributed by atoms with E-state index >= 15 is 0 Å². The van der Waals surface area contributed by atoms with Crippen LogP contribution in [0.25, 0.3) is 0 Å². The highest BCUT2D eigenvalue weighted by Crippen LogP contribution is 2.27. The molecule has 0 amide bonds. The molecule has 2 nitrogen and oxygen atoms in total. The van der Waals surface area contributed by atoms with E-state index in [4.69, 9.17) is 5.26 Å². The van der Waals surface area contributed by atoms with E-state index in [0.717, 1.165) is 6.07 Å². The fraction of sp³-hybridized carbons (Fsp3) is 0.111. The van der Waals surface area contributed by atoms with E-state index in [9.17, 15) is 22.4 Å². The third-order valence-electron chi connectivity index (χ3n) is 1.71. The van der Waals surface area contributed by atoms with Gasteiger partial charge in [-0.15, -0.1) is 0 Å². The maximum absolute atomic E-state index is 13.3. The Bertz CT molecular complexity index is 490. The summed E-state index contributed by atoms with van der Waals surface area (Å²) in [5.41, 5.74) is -1.79. The van der Waals surface area contributed by atoms with Gasteiger partial charge in [0.25, 0.3) is 5.78 Å². The number of carbonyl (C=O) groups is 1. The van der Waals surface area contributed by atoms with Crippen LogP contribution in [0.5, 0.6) is 0 Å². The highest BCUT2D eigenvalue weighted by molar-refractivity contribution is 9.10. The van der Waals surface area contributed by atoms with Crippen molar-refractivity contribution in [3.63, 3.8) is 0 Å². The van der Waals surface area contributed by atoms with Crippen molar-refractivity contribution in [2.45, 2.75) is 6.18 Å². The van der Waals surface area contributed by atoms with E-state index in [-0.39, 0.29) is 4.47 Å². The minimum absolute atomic E-state index is 0.00813. The van der Waals surface area contributed by atoms with Crippen molar-refractivity contribution in [2.24, 2.45) is 0 Å². The van der Waals surface area contributed by atoms with Crippen LogP contribution in [0.2, 0.25) is 0 Å². The summed E-state index contributed by atoms with van der Waals surface area (Å²) in [6, 6.07) is 3.06. The molecule has 0 N–H and O–H groups in total. The van der Waals surface area contributed by atoms with Crippen LogP contribution < -0.4 is 0 Å². The molecular formula is C9H2BrF4NO. The van der Waals surface area contributed by atoms with Crippen molar-refractivity contribution in [2.75, 3.05) is 0 Å². The lowest BCUT2D eigenvalue weighted by Gasteiger charge is -2.07. The van der Waals surface area contributed by atoms with Crippen LogP contribution in [0.4, 0.5) is 17.6 Å². The van der Waals surface area contributed by atoms with Crippen molar-refractivity contribution in [3.8, 4) is 6.07 Å². The fourth-order valence-corrected chi connectivity index (χ4v) is 1.38. The molecule has 0 bridgehead atoms. The lowest BCUT2D eigenvalue weighted by atomic mass is 10.1. The van der Waals surface area contributed by atoms with Crippen molar-refractivity contribution in [3.05, 3.63) is 33.5 Å². The second-order valence-corrected chi connectivity index (χ2v) is 3.58. The van der Waals surface area contributed by atoms with E-state index in [1.54, 1.807) is 0 Å². The number of Topliss-reactive ketones (excluding diaryl/α,β-unsaturated/α-hetero) is 1. The van der Waals surface area contributed by atoms with Crippen LogP contribution in [0.15, 0.2) is 16.6 Å². The number of halogens is 5. The molecule has 0 atom stereocenters. The van der Waals surface area contributed by atoms with Crippen molar-refractivity contribution in [1.29, 1.82) is 5.26 Å². The minimum atomic E-state index is -5.17. The standard InChI is InChI=1S/C9H2BrF4NO/c10-6-2-1-4(7(11)5(6)3-15)8(16)9(12,13)14/h1-2H. The number of nitriles is 1. The second kappa shape index (κ2) is 4.22. The number of nitrogens with zero attached hydrogens (tertiary/aromatic N) is 1. The number of hydrogen-bond acceptors (Lipinski definition) is 2. The summed E-state index contributed by atoms with van der Waals surface area (Å²) in [5, 5.41) is 8.50. The van der Waals surface area contributed by atoms with Crippen molar-refractivity contribution >= 4 is 21.7 Å². The molecule has 7 heteroatoms. The van der Waals surface area contributed by atoms with Crippen LogP contribution >= 0.6 is 15.9 Å². The first-order valence-corrected chi connectivity index (χ1v) is 4.58. The van der Waals surface area contributed by atoms with Crippen LogP contribution in [0.1, 0.15) is 15.9 Å². The van der Waals surface area contributed by atoms with Gasteiger partial charge in [-0.1, -0.05) is 0 Å². The van der Waals surface area contributed by atoms with Gasteiger partial charge in [-0.05, 0) is 28.1 Å². The fourth-order valence-electron chi connectivity index (χ4n) is 0.983. The predicted octanol–water partition coefficient (Wildman–Crippen LogP) is 3.20. The molecular weight excluding hydrogens is 294 g/mol. The second-order valence-electron chi connectivity index (χ2n) is 2.72. The van der Waals surface area contributed by atoms with Gasteiger partial charge >= 0.3 is 6.18 Å². The molecule has 0 aliphatic rings. The third-order valence-corrected chi connectivity index (χ3v) is 2.37. The van der Waals surface area contributed by atoms with Gasteiger partial charge in [-0.3, -0.25) is 4.79 Å². The summed E-state index contributed by atoms with van der Waals surface area (Å²) >= 11 is 2.79. The number of hydrogen-bond donors (Lipinski definition) is 0. The number of ketones is 1. The van der Waals surface area contributed by atoms with Gasteiger partial charge in [0, 0.05) is 4.47 Å². The molecule has 0 spiro atoms. The van der Waals surface area contributed by atoms with Crippen molar-refractivity contribution in [1.82, 2.24) is 0 Å². The van der Waals surface area contributed by atoms with Gasteiger partial charge in [0.05, 0.1) is 5.56 Å². The SMILES string of the molecule is N#Cc1c(Br)ccc(C(=O)C(F)(F)F)c1F. The predicted molar refractivity (Wildman–Crippen MR) is 49.2 cm³/mol. The smallest absolute Gasteiger partial charge is 0.284 e. The molecule has 0 heterocycles. The van der Waals surface area contributed by atoms with Gasteiger partial charge in [0.1, 0.15) is 11.6 Å². The molecule has 16 heavy (non-hydrogen) atoms. The molecule has 0 radical (unpaired) electrons. The van der Waals surface area contributed by atoms with Gasteiger partial charge in [-0.25, -0.2) is 4.39 Å². The quantitative estimate of drug-likeness (QED) is 0.590. The number of rotatable bonds is 1. The normalized spacial score (nSPS) is 11.0. The first kappa shape index (κ1) is 12.6. The molecule has 1 rings (SSSR count). The first-order valence-electron chi connectivity index (χ1n) is 3.78. The monoisotopic (exact) mass is 295 g/mol. The van der Waals surface area contributed by atoms with Crippen molar-refractivity contribution < 1.29 is 22.4 Å². The highest BCUT2D eigenvalue weighted by Gasteiger charge is 2.41. The van der Waals surface area contributed by atoms with Gasteiger partial charge in [-0.2, -0.15) is 18.4 Å². The Morgan fingerprint density at radius 1 is 1.38 bits per heavy atom. The Labute approximate surface area is 95.6 Å². The van der Waals surface area contributed by atoms with Crippen LogP contribution in [0, 0.1) is 17.1 Å². The molecule has 1 aromatic rings. The largest absolute Gasteiger partial charge is 0.454 e. The van der Waals surface area contributed by atoms with E-state index < -0.39 is 28.9 Å². The molecule has 0 saturated heterocycles. The Hall–Kier alpha value is -1.42. The summed E-state index contributed by atoms with van der Waals surface area (Å²) in [7, 11) is 0. The summed E-state index contributed by atoms with van der Waals surface area (Å²) in [6.45, 7) is 0. The maximum Gasteiger partial charge on any atom is 0.454 e. The topological polar surface area (TPSA) is 40.9 Å². The Morgan fingerprint density at radius 2 is 1.94 bits per heavy atom. The molecule has 1 aromatic carbocycles.